The molecule has 15 heavy (non-hydrogen) atoms. The first-order valence-corrected chi connectivity index (χ1v) is 5.31. The van der Waals surface area contributed by atoms with Crippen LogP contribution in [0.25, 0.3) is 0 Å². The van der Waals surface area contributed by atoms with E-state index in [9.17, 15) is 4.79 Å². The molecular weight excluding hydrogens is 192 g/mol. The number of aromatic nitrogens is 2. The zero-order valence-electron chi connectivity index (χ0n) is 9.36. The lowest BCUT2D eigenvalue weighted by Gasteiger charge is -2.02. The first-order chi connectivity index (χ1) is 7.13. The topological polar surface area (TPSA) is 44.1 Å². The zero-order valence-corrected chi connectivity index (χ0v) is 9.36. The van der Waals surface area contributed by atoms with Crippen LogP contribution in [-0.2, 0) is 4.74 Å². The Bertz CT molecular complexity index is 378. The number of rotatable bonds is 3. The minimum absolute atomic E-state index is 0.274. The van der Waals surface area contributed by atoms with Crippen molar-refractivity contribution in [2.24, 2.45) is 0 Å². The molecule has 4 nitrogen and oxygen atoms in total. The molecule has 1 aliphatic carbocycles. The highest BCUT2D eigenvalue weighted by molar-refractivity contribution is 5.90. The van der Waals surface area contributed by atoms with Gasteiger partial charge in [0.1, 0.15) is 5.56 Å². The smallest absolute Gasteiger partial charge is 0.341 e. The van der Waals surface area contributed by atoms with Gasteiger partial charge < -0.3 is 4.74 Å². The van der Waals surface area contributed by atoms with E-state index in [1.807, 2.05) is 18.5 Å². The largest absolute Gasteiger partial charge is 0.465 e. The van der Waals surface area contributed by atoms with E-state index in [0.717, 1.165) is 18.5 Å². The summed E-state index contributed by atoms with van der Waals surface area (Å²) >= 11 is 0. The van der Waals surface area contributed by atoms with Gasteiger partial charge in [-0.25, -0.2) is 4.79 Å². The summed E-state index contributed by atoms with van der Waals surface area (Å²) in [4.78, 5) is 11.5. The van der Waals surface area contributed by atoms with E-state index >= 15 is 0 Å². The van der Waals surface area contributed by atoms with E-state index in [4.69, 9.17) is 4.74 Å². The van der Waals surface area contributed by atoms with Gasteiger partial charge in [0.2, 0.25) is 0 Å². The molecule has 1 aromatic rings. The van der Waals surface area contributed by atoms with Crippen LogP contribution >= 0.6 is 0 Å². The maximum atomic E-state index is 11.5. The molecule has 1 saturated carbocycles. The molecular formula is C11H16N2O2. The third-order valence-electron chi connectivity index (χ3n) is 2.66. The Kier molecular flexibility index (Phi) is 2.50. The van der Waals surface area contributed by atoms with E-state index in [-0.39, 0.29) is 12.0 Å². The quantitative estimate of drug-likeness (QED) is 0.715. The minimum Gasteiger partial charge on any atom is -0.465 e. The van der Waals surface area contributed by atoms with Gasteiger partial charge in [-0.05, 0) is 26.7 Å². The third-order valence-corrected chi connectivity index (χ3v) is 2.66. The van der Waals surface area contributed by atoms with Crippen molar-refractivity contribution in [3.8, 4) is 0 Å². The predicted molar refractivity (Wildman–Crippen MR) is 55.9 cm³/mol. The Labute approximate surface area is 89.2 Å². The monoisotopic (exact) mass is 208 g/mol. The average molecular weight is 208 g/mol. The third kappa shape index (κ3) is 1.89. The summed E-state index contributed by atoms with van der Waals surface area (Å²) in [5, 5.41) is 4.46. The molecule has 0 bridgehead atoms. The van der Waals surface area contributed by atoms with Crippen LogP contribution in [0.2, 0.25) is 0 Å². The molecule has 82 valence electrons. The fraction of sp³-hybridized carbons (Fsp3) is 0.636. The highest BCUT2D eigenvalue weighted by Crippen LogP contribution is 2.41. The summed E-state index contributed by atoms with van der Waals surface area (Å²) in [6.07, 6.45) is 4.07. The van der Waals surface area contributed by atoms with E-state index in [1.165, 1.54) is 7.11 Å². The van der Waals surface area contributed by atoms with Gasteiger partial charge in [0.05, 0.1) is 12.8 Å². The highest BCUT2D eigenvalue weighted by Gasteiger charge is 2.32. The summed E-state index contributed by atoms with van der Waals surface area (Å²) in [7, 11) is 1.41. The van der Waals surface area contributed by atoms with Crippen molar-refractivity contribution in [2.75, 3.05) is 7.11 Å². The lowest BCUT2D eigenvalue weighted by Crippen LogP contribution is -2.02. The van der Waals surface area contributed by atoms with Gasteiger partial charge >= 0.3 is 5.97 Å². The van der Waals surface area contributed by atoms with Crippen LogP contribution in [-0.4, -0.2) is 22.9 Å². The average Bonchev–Trinajstić information content (AvgIpc) is 2.96. The maximum Gasteiger partial charge on any atom is 0.341 e. The van der Waals surface area contributed by atoms with E-state index in [1.54, 1.807) is 6.20 Å². The molecule has 0 amide bonds. The van der Waals surface area contributed by atoms with E-state index < -0.39 is 0 Å². The number of carbonyl (C=O) groups excluding carboxylic acids is 1. The van der Waals surface area contributed by atoms with Gasteiger partial charge in [0, 0.05) is 18.2 Å². The molecule has 0 aromatic carbocycles. The fourth-order valence-corrected chi connectivity index (χ4v) is 1.60. The van der Waals surface area contributed by atoms with Gasteiger partial charge in [0.15, 0.2) is 0 Å². The second-order valence-electron chi connectivity index (χ2n) is 4.27. The summed E-state index contributed by atoms with van der Waals surface area (Å²) in [5.41, 5.74) is 1.55. The van der Waals surface area contributed by atoms with Gasteiger partial charge in [-0.3, -0.25) is 4.68 Å². The molecule has 0 unspecified atom stereocenters. The Balaban J connectivity index is 2.37. The highest BCUT2D eigenvalue weighted by atomic mass is 16.5. The van der Waals surface area contributed by atoms with Crippen molar-refractivity contribution in [3.63, 3.8) is 0 Å². The summed E-state index contributed by atoms with van der Waals surface area (Å²) in [5.74, 6) is 0.197. The Morgan fingerprint density at radius 1 is 1.60 bits per heavy atom. The molecule has 1 heterocycles. The molecule has 0 aliphatic heterocycles. The number of nitrogens with zero attached hydrogens (tertiary/aromatic N) is 2. The second-order valence-corrected chi connectivity index (χ2v) is 4.27. The van der Waals surface area contributed by atoms with Crippen LogP contribution in [0.5, 0.6) is 0 Å². The van der Waals surface area contributed by atoms with Crippen molar-refractivity contribution in [3.05, 3.63) is 17.5 Å². The summed E-state index contributed by atoms with van der Waals surface area (Å²) < 4.78 is 6.59. The van der Waals surface area contributed by atoms with Gasteiger partial charge in [-0.2, -0.15) is 5.10 Å². The normalized spacial score (nSPS) is 15.7. The molecule has 0 atom stereocenters. The van der Waals surface area contributed by atoms with Gasteiger partial charge in [0.25, 0.3) is 0 Å². The molecule has 0 N–H and O–H groups in total. The number of ether oxygens (including phenoxy) is 1. The molecule has 1 aliphatic rings. The zero-order chi connectivity index (χ0) is 11.0. The van der Waals surface area contributed by atoms with E-state index in [0.29, 0.717) is 11.5 Å². The van der Waals surface area contributed by atoms with Crippen LogP contribution in [0.15, 0.2) is 6.20 Å². The number of esters is 1. The van der Waals surface area contributed by atoms with Gasteiger partial charge in [-0.1, -0.05) is 0 Å². The Morgan fingerprint density at radius 3 is 2.73 bits per heavy atom. The first kappa shape index (κ1) is 10.2. The van der Waals surface area contributed by atoms with Crippen LogP contribution in [0.1, 0.15) is 54.7 Å². The number of hydrogen-bond donors (Lipinski definition) is 0. The SMILES string of the molecule is COC(=O)c1cn(C(C)C)nc1C1CC1. The summed E-state index contributed by atoms with van der Waals surface area (Å²) in [6, 6.07) is 0.279. The predicted octanol–water partition coefficient (Wildman–Crippen LogP) is 2.13. The van der Waals surface area contributed by atoms with Crippen molar-refractivity contribution < 1.29 is 9.53 Å². The van der Waals surface area contributed by atoms with E-state index in [2.05, 4.69) is 5.10 Å². The molecule has 4 heteroatoms. The minimum atomic E-state index is -0.274. The fourth-order valence-electron chi connectivity index (χ4n) is 1.60. The lowest BCUT2D eigenvalue weighted by molar-refractivity contribution is 0.0599. The molecule has 0 radical (unpaired) electrons. The van der Waals surface area contributed by atoms with Crippen LogP contribution in [0.4, 0.5) is 0 Å². The lowest BCUT2D eigenvalue weighted by atomic mass is 10.2. The van der Waals surface area contributed by atoms with Crippen LogP contribution < -0.4 is 0 Å². The molecule has 0 spiro atoms. The van der Waals surface area contributed by atoms with Crippen LogP contribution in [0.3, 0.4) is 0 Å². The first-order valence-electron chi connectivity index (χ1n) is 5.31. The van der Waals surface area contributed by atoms with Crippen molar-refractivity contribution >= 4 is 5.97 Å². The van der Waals surface area contributed by atoms with Crippen molar-refractivity contribution in [1.29, 1.82) is 0 Å². The molecule has 2 rings (SSSR count). The Morgan fingerprint density at radius 2 is 2.27 bits per heavy atom. The maximum absolute atomic E-state index is 11.5. The Hall–Kier alpha value is -1.32. The summed E-state index contributed by atoms with van der Waals surface area (Å²) in [6.45, 7) is 4.09. The molecule has 1 aromatic heterocycles. The number of hydrogen-bond acceptors (Lipinski definition) is 3. The van der Waals surface area contributed by atoms with Gasteiger partial charge in [-0.15, -0.1) is 0 Å². The number of methoxy groups -OCH3 is 1. The molecule has 1 fully saturated rings. The van der Waals surface area contributed by atoms with Crippen molar-refractivity contribution in [2.45, 2.75) is 38.6 Å². The number of carbonyl (C=O) groups is 1. The van der Waals surface area contributed by atoms with Crippen molar-refractivity contribution in [1.82, 2.24) is 9.78 Å². The second kappa shape index (κ2) is 3.68. The molecule has 0 saturated heterocycles. The standard InChI is InChI=1S/C11H16N2O2/c1-7(2)13-6-9(11(14)15-3)10(12-13)8-4-5-8/h6-8H,4-5H2,1-3H3. The van der Waals surface area contributed by atoms with Crippen LogP contribution in [0, 0.1) is 0 Å².